The summed E-state index contributed by atoms with van der Waals surface area (Å²) in [7, 11) is 0. The van der Waals surface area contributed by atoms with Gasteiger partial charge in [-0.05, 0) is 32.9 Å². The SMILES string of the molecule is Cc1cccc(-c2ncc([C@H](C)O)c(C)n2)n1. The first-order valence-corrected chi connectivity index (χ1v) is 5.53. The number of aromatic nitrogens is 3. The van der Waals surface area contributed by atoms with Crippen LogP contribution in [0.5, 0.6) is 0 Å². The molecule has 4 nitrogen and oxygen atoms in total. The molecule has 0 saturated carbocycles. The Morgan fingerprint density at radius 3 is 2.53 bits per heavy atom. The maximum atomic E-state index is 9.51. The van der Waals surface area contributed by atoms with Crippen LogP contribution in [0.1, 0.15) is 30.0 Å². The molecule has 4 heteroatoms. The van der Waals surface area contributed by atoms with Crippen LogP contribution < -0.4 is 0 Å². The molecule has 0 aliphatic rings. The monoisotopic (exact) mass is 229 g/mol. The lowest BCUT2D eigenvalue weighted by molar-refractivity contribution is 0.197. The Bertz CT molecular complexity index is 538. The van der Waals surface area contributed by atoms with Gasteiger partial charge < -0.3 is 5.11 Å². The van der Waals surface area contributed by atoms with E-state index in [4.69, 9.17) is 0 Å². The lowest BCUT2D eigenvalue weighted by Gasteiger charge is -2.08. The lowest BCUT2D eigenvalue weighted by Crippen LogP contribution is -2.02. The van der Waals surface area contributed by atoms with E-state index >= 15 is 0 Å². The Labute approximate surface area is 100 Å². The second-order valence-electron chi connectivity index (χ2n) is 4.07. The largest absolute Gasteiger partial charge is 0.389 e. The van der Waals surface area contributed by atoms with Gasteiger partial charge in [-0.2, -0.15) is 0 Å². The molecule has 1 N–H and O–H groups in total. The van der Waals surface area contributed by atoms with Crippen molar-refractivity contribution in [3.05, 3.63) is 41.3 Å². The predicted octanol–water partition coefficient (Wildman–Crippen LogP) is 2.21. The first kappa shape index (κ1) is 11.7. The molecular weight excluding hydrogens is 214 g/mol. The Kier molecular flexibility index (Phi) is 3.15. The van der Waals surface area contributed by atoms with Gasteiger partial charge in [0.05, 0.1) is 6.10 Å². The zero-order chi connectivity index (χ0) is 12.4. The number of aryl methyl sites for hydroxylation is 2. The summed E-state index contributed by atoms with van der Waals surface area (Å²) in [6.45, 7) is 5.50. The highest BCUT2D eigenvalue weighted by Gasteiger charge is 2.09. The number of hydrogen-bond acceptors (Lipinski definition) is 4. The molecule has 0 aliphatic carbocycles. The van der Waals surface area contributed by atoms with Crippen LogP contribution in [0.4, 0.5) is 0 Å². The average Bonchev–Trinajstić information content (AvgIpc) is 2.28. The third kappa shape index (κ3) is 2.47. The van der Waals surface area contributed by atoms with E-state index in [0.717, 1.165) is 22.6 Å². The Morgan fingerprint density at radius 2 is 1.94 bits per heavy atom. The molecule has 2 aromatic heterocycles. The summed E-state index contributed by atoms with van der Waals surface area (Å²) in [5.41, 5.74) is 3.23. The molecule has 0 saturated heterocycles. The molecule has 17 heavy (non-hydrogen) atoms. The van der Waals surface area contributed by atoms with E-state index in [1.165, 1.54) is 0 Å². The van der Waals surface area contributed by atoms with Crippen LogP contribution in [0.2, 0.25) is 0 Å². The number of rotatable bonds is 2. The zero-order valence-corrected chi connectivity index (χ0v) is 10.2. The molecule has 2 heterocycles. The highest BCUT2D eigenvalue weighted by molar-refractivity contribution is 5.49. The molecule has 88 valence electrons. The van der Waals surface area contributed by atoms with Gasteiger partial charge in [-0.1, -0.05) is 6.07 Å². The van der Waals surface area contributed by atoms with Gasteiger partial charge in [0.1, 0.15) is 5.69 Å². The van der Waals surface area contributed by atoms with E-state index < -0.39 is 6.10 Å². The molecule has 0 fully saturated rings. The standard InChI is InChI=1S/C13H15N3O/c1-8-5-4-6-12(15-8)13-14-7-11(10(3)17)9(2)16-13/h4-7,10,17H,1-3H3/t10-/m0/s1. The van der Waals surface area contributed by atoms with E-state index in [1.807, 2.05) is 32.0 Å². The Morgan fingerprint density at radius 1 is 1.18 bits per heavy atom. The fourth-order valence-corrected chi connectivity index (χ4v) is 1.68. The molecule has 0 bridgehead atoms. The first-order valence-electron chi connectivity index (χ1n) is 5.53. The van der Waals surface area contributed by atoms with E-state index in [9.17, 15) is 5.11 Å². The maximum Gasteiger partial charge on any atom is 0.178 e. The van der Waals surface area contributed by atoms with Gasteiger partial charge in [0.15, 0.2) is 5.82 Å². The lowest BCUT2D eigenvalue weighted by atomic mass is 10.1. The summed E-state index contributed by atoms with van der Waals surface area (Å²) in [4.78, 5) is 13.0. The number of aliphatic hydroxyl groups excluding tert-OH is 1. The number of aliphatic hydroxyl groups is 1. The van der Waals surface area contributed by atoms with Crippen molar-refractivity contribution in [3.8, 4) is 11.5 Å². The quantitative estimate of drug-likeness (QED) is 0.857. The van der Waals surface area contributed by atoms with Crippen LogP contribution in [0.3, 0.4) is 0 Å². The molecule has 0 radical (unpaired) electrons. The minimum Gasteiger partial charge on any atom is -0.389 e. The summed E-state index contributed by atoms with van der Waals surface area (Å²) in [6.07, 6.45) is 1.11. The minimum atomic E-state index is -0.547. The predicted molar refractivity (Wildman–Crippen MR) is 65.4 cm³/mol. The number of hydrogen-bond donors (Lipinski definition) is 1. The van der Waals surface area contributed by atoms with Crippen LogP contribution in [0, 0.1) is 13.8 Å². The third-order valence-corrected chi connectivity index (χ3v) is 2.58. The number of pyridine rings is 1. The van der Waals surface area contributed by atoms with Gasteiger partial charge in [-0.3, -0.25) is 0 Å². The van der Waals surface area contributed by atoms with Gasteiger partial charge in [0.2, 0.25) is 0 Å². The smallest absolute Gasteiger partial charge is 0.178 e. The van der Waals surface area contributed by atoms with Crippen molar-refractivity contribution in [2.75, 3.05) is 0 Å². The summed E-state index contributed by atoms with van der Waals surface area (Å²) >= 11 is 0. The molecule has 0 unspecified atom stereocenters. The van der Waals surface area contributed by atoms with Crippen LogP contribution in [-0.4, -0.2) is 20.1 Å². The first-order chi connectivity index (χ1) is 8.08. The van der Waals surface area contributed by atoms with Gasteiger partial charge in [-0.25, -0.2) is 15.0 Å². The van der Waals surface area contributed by atoms with E-state index in [1.54, 1.807) is 13.1 Å². The van der Waals surface area contributed by atoms with Gasteiger partial charge in [-0.15, -0.1) is 0 Å². The maximum absolute atomic E-state index is 9.51. The molecule has 0 aromatic carbocycles. The minimum absolute atomic E-state index is 0.547. The van der Waals surface area contributed by atoms with Crippen LogP contribution in [0.15, 0.2) is 24.4 Å². The van der Waals surface area contributed by atoms with Gasteiger partial charge in [0, 0.05) is 23.1 Å². The Hall–Kier alpha value is -1.81. The fourth-order valence-electron chi connectivity index (χ4n) is 1.68. The molecule has 0 spiro atoms. The summed E-state index contributed by atoms with van der Waals surface area (Å²) < 4.78 is 0. The topological polar surface area (TPSA) is 58.9 Å². The van der Waals surface area contributed by atoms with Crippen molar-refractivity contribution in [1.29, 1.82) is 0 Å². The summed E-state index contributed by atoms with van der Waals surface area (Å²) in [5, 5.41) is 9.51. The van der Waals surface area contributed by atoms with Gasteiger partial charge in [0.25, 0.3) is 0 Å². The van der Waals surface area contributed by atoms with Crippen molar-refractivity contribution in [3.63, 3.8) is 0 Å². The van der Waals surface area contributed by atoms with Crippen molar-refractivity contribution < 1.29 is 5.11 Å². The molecule has 2 aromatic rings. The van der Waals surface area contributed by atoms with Crippen molar-refractivity contribution in [2.45, 2.75) is 26.9 Å². The van der Waals surface area contributed by atoms with E-state index in [-0.39, 0.29) is 0 Å². The highest BCUT2D eigenvalue weighted by atomic mass is 16.3. The second kappa shape index (κ2) is 4.59. The Balaban J connectivity index is 2.44. The summed E-state index contributed by atoms with van der Waals surface area (Å²) in [5.74, 6) is 0.593. The highest BCUT2D eigenvalue weighted by Crippen LogP contribution is 2.18. The number of nitrogens with zero attached hydrogens (tertiary/aromatic N) is 3. The molecular formula is C13H15N3O. The molecule has 0 amide bonds. The van der Waals surface area contributed by atoms with Crippen molar-refractivity contribution in [2.24, 2.45) is 0 Å². The van der Waals surface area contributed by atoms with Crippen molar-refractivity contribution >= 4 is 0 Å². The van der Waals surface area contributed by atoms with Crippen LogP contribution in [0.25, 0.3) is 11.5 Å². The van der Waals surface area contributed by atoms with Crippen LogP contribution in [-0.2, 0) is 0 Å². The van der Waals surface area contributed by atoms with E-state index in [2.05, 4.69) is 15.0 Å². The second-order valence-corrected chi connectivity index (χ2v) is 4.07. The molecule has 0 aliphatic heterocycles. The summed E-state index contributed by atoms with van der Waals surface area (Å²) in [6, 6.07) is 5.74. The van der Waals surface area contributed by atoms with E-state index in [0.29, 0.717) is 5.82 Å². The zero-order valence-electron chi connectivity index (χ0n) is 10.2. The normalized spacial score (nSPS) is 12.5. The van der Waals surface area contributed by atoms with Crippen molar-refractivity contribution in [1.82, 2.24) is 15.0 Å². The van der Waals surface area contributed by atoms with Crippen LogP contribution >= 0.6 is 0 Å². The fraction of sp³-hybridized carbons (Fsp3) is 0.308. The average molecular weight is 229 g/mol. The van der Waals surface area contributed by atoms with Gasteiger partial charge >= 0.3 is 0 Å². The third-order valence-electron chi connectivity index (χ3n) is 2.58. The molecule has 1 atom stereocenters. The molecule has 2 rings (SSSR count).